The molecule has 0 unspecified atom stereocenters. The Morgan fingerprint density at radius 2 is 1.79 bits per heavy atom. The van der Waals surface area contributed by atoms with Crippen molar-refractivity contribution in [2.75, 3.05) is 14.2 Å². The van der Waals surface area contributed by atoms with E-state index in [1.807, 2.05) is 0 Å². The van der Waals surface area contributed by atoms with Crippen molar-refractivity contribution in [1.29, 1.82) is 0 Å². The quantitative estimate of drug-likeness (QED) is 0.793. The highest BCUT2D eigenvalue weighted by Crippen LogP contribution is 2.26. The Morgan fingerprint density at radius 3 is 2.37 bits per heavy atom. The monoisotopic (exact) mass is 260 g/mol. The number of hydrogen-bond acceptors (Lipinski definition) is 5. The van der Waals surface area contributed by atoms with Crippen LogP contribution in [0.5, 0.6) is 0 Å². The van der Waals surface area contributed by atoms with E-state index in [9.17, 15) is 9.59 Å². The predicted octanol–water partition coefficient (Wildman–Crippen LogP) is 2.52. The third-order valence-electron chi connectivity index (χ3n) is 2.63. The summed E-state index contributed by atoms with van der Waals surface area (Å²) in [6, 6.07) is 7.95. The molecule has 1 heterocycles. The third-order valence-corrected chi connectivity index (χ3v) is 2.63. The zero-order valence-corrected chi connectivity index (χ0v) is 10.5. The van der Waals surface area contributed by atoms with Gasteiger partial charge in [-0.15, -0.1) is 0 Å². The highest BCUT2D eigenvalue weighted by molar-refractivity contribution is 5.99. The molecule has 0 bridgehead atoms. The van der Waals surface area contributed by atoms with E-state index in [0.29, 0.717) is 22.5 Å². The largest absolute Gasteiger partial charge is 0.465 e. The average Bonchev–Trinajstić information content (AvgIpc) is 2.99. The predicted molar refractivity (Wildman–Crippen MR) is 66.8 cm³/mol. The van der Waals surface area contributed by atoms with Gasteiger partial charge in [-0.05, 0) is 30.3 Å². The SMILES string of the molecule is COC(=O)c1ccc(C(=O)OC)c(-c2ccco2)c1. The van der Waals surface area contributed by atoms with Gasteiger partial charge in [0.05, 0.1) is 31.6 Å². The molecule has 2 aromatic rings. The Morgan fingerprint density at radius 1 is 1.05 bits per heavy atom. The summed E-state index contributed by atoms with van der Waals surface area (Å²) < 4.78 is 14.6. The summed E-state index contributed by atoms with van der Waals surface area (Å²) in [5.74, 6) is -0.502. The first kappa shape index (κ1) is 12.9. The Labute approximate surface area is 109 Å². The van der Waals surface area contributed by atoms with Gasteiger partial charge in [0.15, 0.2) is 0 Å². The molecule has 0 N–H and O–H groups in total. The van der Waals surface area contributed by atoms with Gasteiger partial charge in [0.2, 0.25) is 0 Å². The molecule has 1 aromatic carbocycles. The first-order chi connectivity index (χ1) is 9.17. The number of benzene rings is 1. The van der Waals surface area contributed by atoms with Crippen LogP contribution in [-0.2, 0) is 9.47 Å². The molecule has 0 spiro atoms. The van der Waals surface area contributed by atoms with E-state index < -0.39 is 11.9 Å². The molecule has 0 aliphatic carbocycles. The lowest BCUT2D eigenvalue weighted by molar-refractivity contribution is 0.0587. The van der Waals surface area contributed by atoms with Crippen LogP contribution in [0.2, 0.25) is 0 Å². The van der Waals surface area contributed by atoms with Crippen molar-refractivity contribution in [1.82, 2.24) is 0 Å². The maximum Gasteiger partial charge on any atom is 0.338 e. The van der Waals surface area contributed by atoms with Crippen LogP contribution in [0.3, 0.4) is 0 Å². The van der Waals surface area contributed by atoms with Gasteiger partial charge in [0, 0.05) is 5.56 Å². The number of methoxy groups -OCH3 is 2. The lowest BCUT2D eigenvalue weighted by atomic mass is 10.0. The van der Waals surface area contributed by atoms with Gasteiger partial charge in [0.25, 0.3) is 0 Å². The minimum Gasteiger partial charge on any atom is -0.465 e. The molecule has 19 heavy (non-hydrogen) atoms. The van der Waals surface area contributed by atoms with Crippen LogP contribution in [0.1, 0.15) is 20.7 Å². The van der Waals surface area contributed by atoms with Gasteiger partial charge in [-0.1, -0.05) is 0 Å². The fraction of sp³-hybridized carbons (Fsp3) is 0.143. The molecule has 98 valence electrons. The van der Waals surface area contributed by atoms with E-state index in [4.69, 9.17) is 9.15 Å². The molecule has 0 aliphatic rings. The van der Waals surface area contributed by atoms with E-state index in [1.54, 1.807) is 12.1 Å². The molecule has 0 saturated carbocycles. The van der Waals surface area contributed by atoms with E-state index in [1.165, 1.54) is 38.7 Å². The van der Waals surface area contributed by atoms with E-state index in [0.717, 1.165) is 0 Å². The van der Waals surface area contributed by atoms with E-state index in [2.05, 4.69) is 4.74 Å². The molecule has 1 aromatic heterocycles. The minimum atomic E-state index is -0.497. The van der Waals surface area contributed by atoms with Crippen LogP contribution in [0, 0.1) is 0 Å². The van der Waals surface area contributed by atoms with Crippen molar-refractivity contribution in [3.8, 4) is 11.3 Å². The lowest BCUT2D eigenvalue weighted by Gasteiger charge is -2.07. The summed E-state index contributed by atoms with van der Waals surface area (Å²) in [6.07, 6.45) is 1.49. The summed E-state index contributed by atoms with van der Waals surface area (Å²) >= 11 is 0. The molecular formula is C14H12O5. The maximum atomic E-state index is 11.7. The van der Waals surface area contributed by atoms with Crippen LogP contribution < -0.4 is 0 Å². The van der Waals surface area contributed by atoms with Gasteiger partial charge in [-0.25, -0.2) is 9.59 Å². The van der Waals surface area contributed by atoms with E-state index >= 15 is 0 Å². The number of ether oxygens (including phenoxy) is 2. The average molecular weight is 260 g/mol. The topological polar surface area (TPSA) is 65.7 Å². The summed E-state index contributed by atoms with van der Waals surface area (Å²) in [4.78, 5) is 23.2. The van der Waals surface area contributed by atoms with Crippen molar-refractivity contribution >= 4 is 11.9 Å². The molecule has 2 rings (SSSR count). The Kier molecular flexibility index (Phi) is 3.66. The standard InChI is InChI=1S/C14H12O5/c1-17-13(15)9-5-6-10(14(16)18-2)11(8-9)12-4-3-7-19-12/h3-8H,1-2H3. The smallest absolute Gasteiger partial charge is 0.338 e. The fourth-order valence-electron chi connectivity index (χ4n) is 1.71. The van der Waals surface area contributed by atoms with Crippen LogP contribution in [0.4, 0.5) is 0 Å². The number of hydrogen-bond donors (Lipinski definition) is 0. The van der Waals surface area contributed by atoms with Crippen molar-refractivity contribution in [2.45, 2.75) is 0 Å². The molecule has 0 radical (unpaired) electrons. The molecule has 0 saturated heterocycles. The molecule has 5 nitrogen and oxygen atoms in total. The van der Waals surface area contributed by atoms with Gasteiger partial charge >= 0.3 is 11.9 Å². The van der Waals surface area contributed by atoms with Gasteiger partial charge in [0.1, 0.15) is 5.76 Å². The molecule has 0 atom stereocenters. The first-order valence-corrected chi connectivity index (χ1v) is 5.52. The molecular weight excluding hydrogens is 248 g/mol. The van der Waals surface area contributed by atoms with Crippen LogP contribution in [-0.4, -0.2) is 26.2 Å². The number of rotatable bonds is 3. The Balaban J connectivity index is 2.57. The number of esters is 2. The fourth-order valence-corrected chi connectivity index (χ4v) is 1.71. The summed E-state index contributed by atoms with van der Waals surface area (Å²) in [5.41, 5.74) is 1.14. The minimum absolute atomic E-state index is 0.324. The van der Waals surface area contributed by atoms with Gasteiger partial charge in [-0.3, -0.25) is 0 Å². The van der Waals surface area contributed by atoms with Crippen molar-refractivity contribution in [3.05, 3.63) is 47.7 Å². The third kappa shape index (κ3) is 2.49. The summed E-state index contributed by atoms with van der Waals surface area (Å²) in [7, 11) is 2.59. The lowest BCUT2D eigenvalue weighted by Crippen LogP contribution is -2.07. The van der Waals surface area contributed by atoms with Gasteiger partial charge in [-0.2, -0.15) is 0 Å². The Hall–Kier alpha value is -2.56. The molecule has 0 aliphatic heterocycles. The second kappa shape index (κ2) is 5.39. The van der Waals surface area contributed by atoms with Crippen molar-refractivity contribution < 1.29 is 23.5 Å². The molecule has 5 heteroatoms. The summed E-state index contributed by atoms with van der Waals surface area (Å²) in [6.45, 7) is 0. The zero-order valence-electron chi connectivity index (χ0n) is 10.5. The first-order valence-electron chi connectivity index (χ1n) is 5.52. The van der Waals surface area contributed by atoms with Crippen LogP contribution in [0.25, 0.3) is 11.3 Å². The molecule has 0 fully saturated rings. The highest BCUT2D eigenvalue weighted by atomic mass is 16.5. The van der Waals surface area contributed by atoms with Crippen molar-refractivity contribution in [3.63, 3.8) is 0 Å². The second-order valence-corrected chi connectivity index (χ2v) is 3.72. The number of carbonyl (C=O) groups excluding carboxylic acids is 2. The highest BCUT2D eigenvalue weighted by Gasteiger charge is 2.18. The number of carbonyl (C=O) groups is 2. The molecule has 0 amide bonds. The van der Waals surface area contributed by atoms with Crippen molar-refractivity contribution in [2.24, 2.45) is 0 Å². The van der Waals surface area contributed by atoms with Gasteiger partial charge < -0.3 is 13.9 Å². The summed E-state index contributed by atoms with van der Waals surface area (Å²) in [5, 5.41) is 0. The maximum absolute atomic E-state index is 11.7. The van der Waals surface area contributed by atoms with E-state index in [-0.39, 0.29) is 0 Å². The van der Waals surface area contributed by atoms with Crippen LogP contribution in [0.15, 0.2) is 41.0 Å². The number of furan rings is 1. The second-order valence-electron chi connectivity index (χ2n) is 3.72. The normalized spacial score (nSPS) is 10.0. The Bertz CT molecular complexity index is 598. The van der Waals surface area contributed by atoms with Crippen LogP contribution >= 0.6 is 0 Å². The zero-order chi connectivity index (χ0) is 13.8.